The average Bonchev–Trinajstić information content (AvgIpc) is 2.17. The van der Waals surface area contributed by atoms with E-state index in [1.165, 1.54) is 11.1 Å². The summed E-state index contributed by atoms with van der Waals surface area (Å²) in [6, 6.07) is 4.30. The first-order valence-electron chi connectivity index (χ1n) is 5.67. The molecule has 0 aromatic heterocycles. The zero-order chi connectivity index (χ0) is 11.3. The summed E-state index contributed by atoms with van der Waals surface area (Å²) >= 11 is 0. The van der Waals surface area contributed by atoms with E-state index in [4.69, 9.17) is 4.74 Å². The second-order valence-corrected chi connectivity index (χ2v) is 3.84. The van der Waals surface area contributed by atoms with E-state index in [-0.39, 0.29) is 0 Å². The van der Waals surface area contributed by atoms with E-state index in [9.17, 15) is 0 Å². The molecule has 0 bridgehead atoms. The van der Waals surface area contributed by atoms with Crippen LogP contribution in [0.5, 0.6) is 5.75 Å². The van der Waals surface area contributed by atoms with Crippen LogP contribution in [0.25, 0.3) is 0 Å². The van der Waals surface area contributed by atoms with Crippen molar-refractivity contribution in [3.05, 3.63) is 23.3 Å². The molecule has 15 heavy (non-hydrogen) atoms. The van der Waals surface area contributed by atoms with E-state index in [0.29, 0.717) is 0 Å². The van der Waals surface area contributed by atoms with Crippen molar-refractivity contribution >= 4 is 5.69 Å². The molecule has 0 aliphatic carbocycles. The molecule has 0 unspecified atom stereocenters. The third kappa shape index (κ3) is 3.15. The fourth-order valence-corrected chi connectivity index (χ4v) is 1.67. The number of hydrogen-bond donors (Lipinski definition) is 1. The number of anilines is 1. The van der Waals surface area contributed by atoms with Gasteiger partial charge in [0.1, 0.15) is 5.75 Å². The number of aryl methyl sites for hydroxylation is 2. The Balaban J connectivity index is 2.97. The van der Waals surface area contributed by atoms with Gasteiger partial charge in [0, 0.05) is 6.54 Å². The van der Waals surface area contributed by atoms with Crippen LogP contribution in [0.1, 0.15) is 31.4 Å². The Labute approximate surface area is 92.6 Å². The molecule has 2 nitrogen and oxygen atoms in total. The first-order valence-corrected chi connectivity index (χ1v) is 5.67. The summed E-state index contributed by atoms with van der Waals surface area (Å²) in [6.07, 6.45) is 1.04. The smallest absolute Gasteiger partial charge is 0.145 e. The highest BCUT2D eigenvalue weighted by atomic mass is 16.5. The summed E-state index contributed by atoms with van der Waals surface area (Å²) < 4.78 is 5.76. The van der Waals surface area contributed by atoms with Gasteiger partial charge in [0.15, 0.2) is 0 Å². The summed E-state index contributed by atoms with van der Waals surface area (Å²) in [5.74, 6) is 1.00. The Morgan fingerprint density at radius 1 is 1.20 bits per heavy atom. The highest BCUT2D eigenvalue weighted by molar-refractivity contribution is 5.61. The third-order valence-corrected chi connectivity index (χ3v) is 2.24. The van der Waals surface area contributed by atoms with Gasteiger partial charge in [0.05, 0.1) is 12.3 Å². The number of benzene rings is 1. The van der Waals surface area contributed by atoms with Crippen molar-refractivity contribution in [3.8, 4) is 5.75 Å². The predicted octanol–water partition coefficient (Wildman–Crippen LogP) is 3.52. The largest absolute Gasteiger partial charge is 0.491 e. The van der Waals surface area contributed by atoms with E-state index in [0.717, 1.165) is 31.0 Å². The monoisotopic (exact) mass is 207 g/mol. The molecular formula is C13H21NO. The molecule has 0 spiro atoms. The second-order valence-electron chi connectivity index (χ2n) is 3.84. The number of ether oxygens (including phenoxy) is 1. The Kier molecular flexibility index (Phi) is 4.47. The molecule has 0 saturated carbocycles. The van der Waals surface area contributed by atoms with Crippen LogP contribution in [0, 0.1) is 13.8 Å². The molecule has 0 radical (unpaired) electrons. The van der Waals surface area contributed by atoms with E-state index in [1.807, 2.05) is 0 Å². The van der Waals surface area contributed by atoms with Gasteiger partial charge in [-0.2, -0.15) is 0 Å². The Morgan fingerprint density at radius 2 is 1.93 bits per heavy atom. The van der Waals surface area contributed by atoms with Crippen LogP contribution >= 0.6 is 0 Å². The molecule has 0 saturated heterocycles. The molecule has 0 amide bonds. The van der Waals surface area contributed by atoms with Crippen LogP contribution < -0.4 is 10.1 Å². The highest BCUT2D eigenvalue weighted by Crippen LogP contribution is 2.30. The van der Waals surface area contributed by atoms with Crippen molar-refractivity contribution in [2.75, 3.05) is 18.5 Å². The normalized spacial score (nSPS) is 10.1. The molecule has 1 aromatic carbocycles. The lowest BCUT2D eigenvalue weighted by atomic mass is 10.1. The molecule has 1 N–H and O–H groups in total. The quantitative estimate of drug-likeness (QED) is 0.797. The zero-order valence-electron chi connectivity index (χ0n) is 10.2. The number of hydrogen-bond acceptors (Lipinski definition) is 2. The van der Waals surface area contributed by atoms with Crippen molar-refractivity contribution < 1.29 is 4.74 Å². The summed E-state index contributed by atoms with van der Waals surface area (Å²) in [6.45, 7) is 10.1. The van der Waals surface area contributed by atoms with Gasteiger partial charge in [-0.3, -0.25) is 0 Å². The van der Waals surface area contributed by atoms with Gasteiger partial charge >= 0.3 is 0 Å². The third-order valence-electron chi connectivity index (χ3n) is 2.24. The molecule has 0 fully saturated rings. The molecule has 0 aliphatic heterocycles. The van der Waals surface area contributed by atoms with Gasteiger partial charge in [-0.25, -0.2) is 0 Å². The molecule has 0 atom stereocenters. The molecular weight excluding hydrogens is 186 g/mol. The standard InChI is InChI=1S/C13H21NO/c1-5-7-15-13-11(4)8-10(3)9-12(13)14-6-2/h8-9,14H,5-7H2,1-4H3. The molecule has 84 valence electrons. The van der Waals surface area contributed by atoms with Crippen LogP contribution in [-0.2, 0) is 0 Å². The van der Waals surface area contributed by atoms with Crippen molar-refractivity contribution in [3.63, 3.8) is 0 Å². The summed E-state index contributed by atoms with van der Waals surface area (Å²) in [5, 5.41) is 3.34. The Morgan fingerprint density at radius 3 is 2.53 bits per heavy atom. The maximum absolute atomic E-state index is 5.76. The van der Waals surface area contributed by atoms with Gasteiger partial charge < -0.3 is 10.1 Å². The van der Waals surface area contributed by atoms with Crippen molar-refractivity contribution in [1.29, 1.82) is 0 Å². The van der Waals surface area contributed by atoms with E-state index in [2.05, 4.69) is 45.1 Å². The highest BCUT2D eigenvalue weighted by Gasteiger charge is 2.07. The average molecular weight is 207 g/mol. The molecule has 0 aliphatic rings. The zero-order valence-corrected chi connectivity index (χ0v) is 10.2. The van der Waals surface area contributed by atoms with Gasteiger partial charge in [0.25, 0.3) is 0 Å². The lowest BCUT2D eigenvalue weighted by Crippen LogP contribution is -2.04. The fraction of sp³-hybridized carbons (Fsp3) is 0.538. The van der Waals surface area contributed by atoms with Crippen LogP contribution in [0.3, 0.4) is 0 Å². The first-order chi connectivity index (χ1) is 7.19. The minimum atomic E-state index is 0.780. The second kappa shape index (κ2) is 5.64. The minimum Gasteiger partial charge on any atom is -0.491 e. The molecule has 1 aromatic rings. The Bertz CT molecular complexity index is 321. The van der Waals surface area contributed by atoms with Gasteiger partial charge in [-0.05, 0) is 44.4 Å². The van der Waals surface area contributed by atoms with Gasteiger partial charge in [0.2, 0.25) is 0 Å². The van der Waals surface area contributed by atoms with E-state index < -0.39 is 0 Å². The van der Waals surface area contributed by atoms with Crippen LogP contribution in [0.2, 0.25) is 0 Å². The lowest BCUT2D eigenvalue weighted by Gasteiger charge is -2.15. The van der Waals surface area contributed by atoms with E-state index >= 15 is 0 Å². The maximum atomic E-state index is 5.76. The van der Waals surface area contributed by atoms with Crippen molar-refractivity contribution in [2.45, 2.75) is 34.1 Å². The summed E-state index contributed by atoms with van der Waals surface area (Å²) in [4.78, 5) is 0. The Hall–Kier alpha value is -1.18. The van der Waals surface area contributed by atoms with Gasteiger partial charge in [-0.1, -0.05) is 13.0 Å². The topological polar surface area (TPSA) is 21.3 Å². The fourth-order valence-electron chi connectivity index (χ4n) is 1.67. The number of rotatable bonds is 5. The summed E-state index contributed by atoms with van der Waals surface area (Å²) in [5.41, 5.74) is 3.59. The molecule has 0 heterocycles. The molecule has 1 rings (SSSR count). The first kappa shape index (κ1) is 11.9. The van der Waals surface area contributed by atoms with Crippen LogP contribution in [0.4, 0.5) is 5.69 Å². The SMILES string of the molecule is CCCOc1c(C)cc(C)cc1NCC. The summed E-state index contributed by atoms with van der Waals surface area (Å²) in [7, 11) is 0. The van der Waals surface area contributed by atoms with Crippen LogP contribution in [0.15, 0.2) is 12.1 Å². The van der Waals surface area contributed by atoms with Gasteiger partial charge in [-0.15, -0.1) is 0 Å². The van der Waals surface area contributed by atoms with Crippen molar-refractivity contribution in [1.82, 2.24) is 0 Å². The lowest BCUT2D eigenvalue weighted by molar-refractivity contribution is 0.316. The molecule has 2 heteroatoms. The number of nitrogens with one attached hydrogen (secondary N) is 1. The maximum Gasteiger partial charge on any atom is 0.145 e. The minimum absolute atomic E-state index is 0.780. The predicted molar refractivity (Wildman–Crippen MR) is 65.9 cm³/mol. The van der Waals surface area contributed by atoms with Crippen molar-refractivity contribution in [2.24, 2.45) is 0 Å². The van der Waals surface area contributed by atoms with E-state index in [1.54, 1.807) is 0 Å². The van der Waals surface area contributed by atoms with Crippen LogP contribution in [-0.4, -0.2) is 13.2 Å².